The van der Waals surface area contributed by atoms with E-state index >= 15 is 0 Å². The lowest BCUT2D eigenvalue weighted by molar-refractivity contribution is -0.199. The van der Waals surface area contributed by atoms with Crippen molar-refractivity contribution in [2.45, 2.75) is 95.7 Å². The van der Waals surface area contributed by atoms with Gasteiger partial charge >= 0.3 is 11.7 Å². The Labute approximate surface area is 220 Å². The molecule has 0 bridgehead atoms. The van der Waals surface area contributed by atoms with Gasteiger partial charge in [0.05, 0.1) is 19.8 Å². The van der Waals surface area contributed by atoms with Crippen molar-refractivity contribution < 1.29 is 32.8 Å². The van der Waals surface area contributed by atoms with E-state index in [1.165, 1.54) is 36.1 Å². The number of esters is 1. The summed E-state index contributed by atoms with van der Waals surface area (Å²) in [6.07, 6.45) is 5.31. The highest BCUT2D eigenvalue weighted by Crippen LogP contribution is 2.50. The molecule has 37 heavy (non-hydrogen) atoms. The van der Waals surface area contributed by atoms with Crippen LogP contribution in [0.5, 0.6) is 0 Å². The Balaban J connectivity index is 1.30. The van der Waals surface area contributed by atoms with Crippen molar-refractivity contribution >= 4 is 24.4 Å². The number of carbonyl (C=O) groups excluding carboxylic acids is 1. The van der Waals surface area contributed by atoms with E-state index in [-0.39, 0.29) is 13.2 Å². The molecular formula is C23H36N3O9PS. The monoisotopic (exact) mass is 561 g/mol. The van der Waals surface area contributed by atoms with E-state index in [0.29, 0.717) is 6.61 Å². The number of nitrogens with one attached hydrogen (secondary N) is 2. The van der Waals surface area contributed by atoms with Gasteiger partial charge in [-0.3, -0.25) is 19.1 Å². The third kappa shape index (κ3) is 7.15. The molecule has 2 N–H and O–H groups in total. The predicted octanol–water partition coefficient (Wildman–Crippen LogP) is 2.09. The number of nitrogens with zero attached hydrogens (tertiary/aromatic N) is 1. The first-order chi connectivity index (χ1) is 17.6. The van der Waals surface area contributed by atoms with E-state index in [0.717, 1.165) is 19.3 Å². The molecule has 4 heterocycles. The fourth-order valence-electron chi connectivity index (χ4n) is 4.61. The second kappa shape index (κ2) is 12.2. The Morgan fingerprint density at radius 2 is 1.92 bits per heavy atom. The van der Waals surface area contributed by atoms with Crippen molar-refractivity contribution in [1.82, 2.24) is 14.6 Å². The Bertz CT molecular complexity index is 1110. The zero-order valence-corrected chi connectivity index (χ0v) is 23.1. The Morgan fingerprint density at radius 1 is 1.19 bits per heavy atom. The van der Waals surface area contributed by atoms with Crippen LogP contribution in [-0.2, 0) is 44.6 Å². The number of fused-ring (bicyclic) bond motifs is 1. The molecule has 0 unspecified atom stereocenters. The van der Waals surface area contributed by atoms with Crippen molar-refractivity contribution in [1.29, 1.82) is 0 Å². The number of aromatic nitrogens is 2. The van der Waals surface area contributed by atoms with Crippen LogP contribution >= 0.6 is 6.64 Å². The maximum Gasteiger partial charge on any atom is 0.330 e. The Morgan fingerprint density at radius 3 is 2.68 bits per heavy atom. The molecule has 0 spiro atoms. The van der Waals surface area contributed by atoms with E-state index in [2.05, 4.69) is 17.0 Å². The van der Waals surface area contributed by atoms with Crippen LogP contribution in [0.15, 0.2) is 21.9 Å². The van der Waals surface area contributed by atoms with Gasteiger partial charge in [0.1, 0.15) is 24.4 Å². The molecule has 4 rings (SSSR count). The molecule has 0 radical (unpaired) electrons. The van der Waals surface area contributed by atoms with Crippen LogP contribution < -0.4 is 16.3 Å². The first-order valence-corrected chi connectivity index (χ1v) is 15.4. The molecule has 0 amide bonds. The minimum Gasteiger partial charge on any atom is -0.464 e. The summed E-state index contributed by atoms with van der Waals surface area (Å²) in [5, 5.41) is 2.98. The normalized spacial score (nSPS) is 32.5. The minimum atomic E-state index is -2.98. The van der Waals surface area contributed by atoms with Gasteiger partial charge < -0.3 is 28.0 Å². The van der Waals surface area contributed by atoms with Gasteiger partial charge in [-0.15, -0.1) is 0 Å². The molecule has 12 nitrogen and oxygen atoms in total. The number of carbonyl (C=O) groups is 1. The standard InChI is InChI=1S/C23H36N3O9PS/c1-4-5-6-7-8-9-12-30-21(28)15-13-31-36(37,25-15)32-14-16-18-19(35-23(2,3)34-18)20(33-16)26-11-10-17(27)24-22(26)29/h10-11,15-16,18-20H,4-9,12-14H2,1-3H3,(H,25,37)(H,24,27,29)/t15-,16-,18-,19-,20-,36-/m1/s1. The number of rotatable bonds is 12. The molecule has 3 aliphatic rings. The molecule has 0 aromatic carbocycles. The number of hydrogen-bond donors (Lipinski definition) is 2. The SMILES string of the molecule is CCCCCCCCOC(=O)[C@H]1CO[P@@](=S)(OC[C@H]2O[C@@H](n3ccc(=O)[nH]c3=O)[C@@H]3OC(C)(C)O[C@@H]32)N1. The molecule has 0 saturated carbocycles. The van der Waals surface area contributed by atoms with Gasteiger partial charge in [-0.1, -0.05) is 39.0 Å². The van der Waals surface area contributed by atoms with E-state index in [4.69, 9.17) is 39.8 Å². The molecule has 1 aromatic rings. The van der Waals surface area contributed by atoms with E-state index < -0.39 is 60.2 Å². The smallest absolute Gasteiger partial charge is 0.330 e. The maximum atomic E-state index is 12.4. The highest BCUT2D eigenvalue weighted by Gasteiger charge is 2.56. The largest absolute Gasteiger partial charge is 0.464 e. The summed E-state index contributed by atoms with van der Waals surface area (Å²) in [5.74, 6) is -1.32. The predicted molar refractivity (Wildman–Crippen MR) is 137 cm³/mol. The zero-order valence-electron chi connectivity index (χ0n) is 21.4. The lowest BCUT2D eigenvalue weighted by Crippen LogP contribution is -2.37. The Kier molecular flexibility index (Phi) is 9.39. The molecule has 14 heteroatoms. The third-order valence-corrected chi connectivity index (χ3v) is 8.97. The van der Waals surface area contributed by atoms with Gasteiger partial charge in [-0.05, 0) is 32.1 Å². The highest BCUT2D eigenvalue weighted by molar-refractivity contribution is 8.09. The molecule has 6 atom stereocenters. The average Bonchev–Trinajstić information content (AvgIpc) is 3.48. The Hall–Kier alpha value is -1.44. The molecule has 0 aliphatic carbocycles. The van der Waals surface area contributed by atoms with Crippen molar-refractivity contribution in [3.8, 4) is 0 Å². The third-order valence-electron chi connectivity index (χ3n) is 6.41. The lowest BCUT2D eigenvalue weighted by atomic mass is 10.1. The molecular weight excluding hydrogens is 525 g/mol. The summed E-state index contributed by atoms with van der Waals surface area (Å²) >= 11 is 5.54. The topological polar surface area (TPSA) is 139 Å². The van der Waals surface area contributed by atoms with Crippen LogP contribution in [-0.4, -0.2) is 65.5 Å². The van der Waals surface area contributed by atoms with Crippen molar-refractivity contribution in [2.75, 3.05) is 19.8 Å². The summed E-state index contributed by atoms with van der Waals surface area (Å²) in [6.45, 7) is 3.14. The van der Waals surface area contributed by atoms with Crippen LogP contribution in [0.4, 0.5) is 0 Å². The van der Waals surface area contributed by atoms with E-state index in [1.54, 1.807) is 13.8 Å². The van der Waals surface area contributed by atoms with E-state index in [9.17, 15) is 14.4 Å². The summed E-state index contributed by atoms with van der Waals surface area (Å²) in [5.41, 5.74) is -1.14. The van der Waals surface area contributed by atoms with Crippen LogP contribution in [0.2, 0.25) is 0 Å². The van der Waals surface area contributed by atoms with E-state index in [1.807, 2.05) is 0 Å². The number of unbranched alkanes of at least 4 members (excludes halogenated alkanes) is 5. The summed E-state index contributed by atoms with van der Waals surface area (Å²) in [6, 6.07) is 0.539. The van der Waals surface area contributed by atoms with Crippen LogP contribution in [0.1, 0.15) is 65.5 Å². The molecule has 3 aliphatic heterocycles. The number of H-pyrrole nitrogens is 1. The molecule has 3 saturated heterocycles. The van der Waals surface area contributed by atoms with Gasteiger partial charge in [0.15, 0.2) is 12.0 Å². The molecule has 208 valence electrons. The van der Waals surface area contributed by atoms with Crippen LogP contribution in [0.3, 0.4) is 0 Å². The fraction of sp³-hybridized carbons (Fsp3) is 0.783. The first-order valence-electron chi connectivity index (χ1n) is 12.8. The number of hydrogen-bond acceptors (Lipinski definition) is 10. The number of aromatic amines is 1. The van der Waals surface area contributed by atoms with Gasteiger partial charge in [0.2, 0.25) is 0 Å². The second-order valence-corrected chi connectivity index (χ2v) is 13.1. The van der Waals surface area contributed by atoms with Gasteiger partial charge in [0.25, 0.3) is 12.2 Å². The van der Waals surface area contributed by atoms with Crippen molar-refractivity contribution in [2.24, 2.45) is 0 Å². The van der Waals surface area contributed by atoms with Crippen LogP contribution in [0.25, 0.3) is 0 Å². The quantitative estimate of drug-likeness (QED) is 0.220. The average molecular weight is 562 g/mol. The zero-order chi connectivity index (χ0) is 26.6. The summed E-state index contributed by atoms with van der Waals surface area (Å²) in [7, 11) is 0. The molecule has 1 aromatic heterocycles. The van der Waals surface area contributed by atoms with Crippen molar-refractivity contribution in [3.05, 3.63) is 33.1 Å². The fourth-order valence-corrected chi connectivity index (χ4v) is 6.83. The van der Waals surface area contributed by atoms with Crippen LogP contribution in [0, 0.1) is 0 Å². The first kappa shape index (κ1) is 28.6. The summed E-state index contributed by atoms with van der Waals surface area (Å²) in [4.78, 5) is 38.5. The van der Waals surface area contributed by atoms with Gasteiger partial charge in [0, 0.05) is 12.3 Å². The van der Waals surface area contributed by atoms with Gasteiger partial charge in [-0.25, -0.2) is 9.88 Å². The summed E-state index contributed by atoms with van der Waals surface area (Å²) < 4.78 is 36.3. The highest BCUT2D eigenvalue weighted by atomic mass is 32.5. The molecule has 3 fully saturated rings. The van der Waals surface area contributed by atoms with Gasteiger partial charge in [-0.2, -0.15) is 0 Å². The van der Waals surface area contributed by atoms with Crippen molar-refractivity contribution in [3.63, 3.8) is 0 Å². The maximum absolute atomic E-state index is 12.4. The number of ether oxygens (including phenoxy) is 4. The lowest BCUT2D eigenvalue weighted by Gasteiger charge is -2.25. The minimum absolute atomic E-state index is 0.0149. The second-order valence-electron chi connectivity index (χ2n) is 9.85.